The van der Waals surface area contributed by atoms with E-state index in [0.717, 1.165) is 25.6 Å². The van der Waals surface area contributed by atoms with E-state index in [-0.39, 0.29) is 5.60 Å². The minimum atomic E-state index is -0.0220. The predicted octanol–water partition coefficient (Wildman–Crippen LogP) is 2.90. The van der Waals surface area contributed by atoms with Crippen LogP contribution in [0.3, 0.4) is 0 Å². The quantitative estimate of drug-likeness (QED) is 0.803. The van der Waals surface area contributed by atoms with E-state index in [1.54, 1.807) is 0 Å². The third-order valence-electron chi connectivity index (χ3n) is 4.28. The summed E-state index contributed by atoms with van der Waals surface area (Å²) in [5.74, 6) is 0.754. The molecule has 3 unspecified atom stereocenters. The Morgan fingerprint density at radius 3 is 2.53 bits per heavy atom. The van der Waals surface area contributed by atoms with Gasteiger partial charge in [0.1, 0.15) is 0 Å². The van der Waals surface area contributed by atoms with Crippen molar-refractivity contribution in [2.45, 2.75) is 72.1 Å². The first-order valence-corrected chi connectivity index (χ1v) is 7.98. The van der Waals surface area contributed by atoms with Gasteiger partial charge in [0.2, 0.25) is 0 Å². The summed E-state index contributed by atoms with van der Waals surface area (Å²) in [5, 5.41) is 3.72. The Hall–Kier alpha value is -0.120. The van der Waals surface area contributed by atoms with E-state index in [1.807, 2.05) is 0 Å². The van der Waals surface area contributed by atoms with Gasteiger partial charge in [-0.05, 0) is 33.1 Å². The average molecular weight is 270 g/mol. The van der Waals surface area contributed by atoms with Gasteiger partial charge in [-0.15, -0.1) is 0 Å². The van der Waals surface area contributed by atoms with Gasteiger partial charge in [-0.1, -0.05) is 27.2 Å². The Morgan fingerprint density at radius 2 is 2.00 bits per heavy atom. The van der Waals surface area contributed by atoms with Gasteiger partial charge in [0, 0.05) is 31.7 Å². The van der Waals surface area contributed by atoms with Gasteiger partial charge in [-0.25, -0.2) is 0 Å². The van der Waals surface area contributed by atoms with Crippen molar-refractivity contribution in [3.63, 3.8) is 0 Å². The normalized spacial score (nSPS) is 27.5. The van der Waals surface area contributed by atoms with E-state index in [0.29, 0.717) is 12.1 Å². The van der Waals surface area contributed by atoms with Crippen LogP contribution in [0.4, 0.5) is 0 Å². The molecule has 1 N–H and O–H groups in total. The lowest BCUT2D eigenvalue weighted by Gasteiger charge is -2.42. The zero-order valence-electron chi connectivity index (χ0n) is 13.8. The maximum atomic E-state index is 5.88. The molecule has 3 nitrogen and oxygen atoms in total. The first-order chi connectivity index (χ1) is 8.87. The van der Waals surface area contributed by atoms with E-state index in [9.17, 15) is 0 Å². The molecule has 0 aromatic heterocycles. The van der Waals surface area contributed by atoms with Crippen LogP contribution in [0.25, 0.3) is 0 Å². The van der Waals surface area contributed by atoms with Crippen LogP contribution >= 0.6 is 0 Å². The van der Waals surface area contributed by atoms with Crippen molar-refractivity contribution in [1.82, 2.24) is 10.2 Å². The van der Waals surface area contributed by atoms with Gasteiger partial charge < -0.3 is 10.1 Å². The zero-order valence-corrected chi connectivity index (χ0v) is 13.8. The van der Waals surface area contributed by atoms with Crippen molar-refractivity contribution < 1.29 is 4.74 Å². The third kappa shape index (κ3) is 5.80. The van der Waals surface area contributed by atoms with Crippen molar-refractivity contribution in [3.8, 4) is 0 Å². The number of nitrogens with one attached hydrogen (secondary N) is 1. The van der Waals surface area contributed by atoms with Crippen molar-refractivity contribution in [1.29, 1.82) is 0 Å². The van der Waals surface area contributed by atoms with Crippen molar-refractivity contribution in [3.05, 3.63) is 0 Å². The van der Waals surface area contributed by atoms with Gasteiger partial charge in [-0.2, -0.15) is 0 Å². The van der Waals surface area contributed by atoms with Gasteiger partial charge in [0.25, 0.3) is 0 Å². The van der Waals surface area contributed by atoms with Crippen LogP contribution in [0, 0.1) is 5.92 Å². The first-order valence-electron chi connectivity index (χ1n) is 7.98. The zero-order chi connectivity index (χ0) is 14.5. The molecule has 0 saturated carbocycles. The van der Waals surface area contributed by atoms with Crippen LogP contribution in [0.15, 0.2) is 0 Å². The highest BCUT2D eigenvalue weighted by molar-refractivity contribution is 4.87. The highest BCUT2D eigenvalue weighted by Crippen LogP contribution is 2.17. The highest BCUT2D eigenvalue weighted by Gasteiger charge is 2.29. The molecular formula is C16H34N2O. The fraction of sp³-hybridized carbons (Fsp3) is 1.00. The predicted molar refractivity (Wildman–Crippen MR) is 82.6 cm³/mol. The first kappa shape index (κ1) is 16.9. The standard InChI is InChI=1S/C16H34N2O/c1-7-13(3)15-12-18(14(8-2)11-17-15)9-10-19-16(4,5)6/h13-15,17H,7-12H2,1-6H3. The molecule has 114 valence electrons. The Labute approximate surface area is 120 Å². The smallest absolute Gasteiger partial charge is 0.0600 e. The number of hydrogen-bond donors (Lipinski definition) is 1. The molecule has 0 bridgehead atoms. The molecule has 3 atom stereocenters. The minimum absolute atomic E-state index is 0.0220. The topological polar surface area (TPSA) is 24.5 Å². The van der Waals surface area contributed by atoms with Crippen LogP contribution in [-0.2, 0) is 4.74 Å². The second-order valence-corrected chi connectivity index (χ2v) is 6.92. The lowest BCUT2D eigenvalue weighted by Crippen LogP contribution is -2.58. The number of hydrogen-bond acceptors (Lipinski definition) is 3. The summed E-state index contributed by atoms with van der Waals surface area (Å²) < 4.78 is 5.88. The van der Waals surface area contributed by atoms with E-state index in [1.165, 1.54) is 19.4 Å². The van der Waals surface area contributed by atoms with Crippen molar-refractivity contribution in [2.75, 3.05) is 26.2 Å². The summed E-state index contributed by atoms with van der Waals surface area (Å²) in [6.45, 7) is 17.5. The fourth-order valence-electron chi connectivity index (χ4n) is 2.69. The van der Waals surface area contributed by atoms with Crippen LogP contribution in [0.2, 0.25) is 0 Å². The Balaban J connectivity index is 2.46. The van der Waals surface area contributed by atoms with Crippen LogP contribution in [0.5, 0.6) is 0 Å². The van der Waals surface area contributed by atoms with Gasteiger partial charge in [0.05, 0.1) is 12.2 Å². The Kier molecular flexibility index (Phi) is 6.78. The molecule has 0 radical (unpaired) electrons. The lowest BCUT2D eigenvalue weighted by molar-refractivity contribution is -0.0239. The van der Waals surface area contributed by atoms with E-state index < -0.39 is 0 Å². The molecule has 3 heteroatoms. The van der Waals surface area contributed by atoms with Crippen LogP contribution in [-0.4, -0.2) is 48.8 Å². The molecule has 1 rings (SSSR count). The third-order valence-corrected chi connectivity index (χ3v) is 4.28. The number of ether oxygens (including phenoxy) is 1. The van der Waals surface area contributed by atoms with Crippen LogP contribution < -0.4 is 5.32 Å². The minimum Gasteiger partial charge on any atom is -0.375 e. The molecule has 19 heavy (non-hydrogen) atoms. The molecule has 0 aromatic carbocycles. The summed E-state index contributed by atoms with van der Waals surface area (Å²) in [7, 11) is 0. The maximum absolute atomic E-state index is 5.88. The molecule has 1 aliphatic rings. The summed E-state index contributed by atoms with van der Waals surface area (Å²) in [6.07, 6.45) is 2.47. The number of piperazine rings is 1. The molecule has 0 aliphatic carbocycles. The number of rotatable bonds is 6. The van der Waals surface area contributed by atoms with E-state index >= 15 is 0 Å². The maximum Gasteiger partial charge on any atom is 0.0600 e. The van der Waals surface area contributed by atoms with Crippen molar-refractivity contribution >= 4 is 0 Å². The molecule has 0 amide bonds. The van der Waals surface area contributed by atoms with Gasteiger partial charge >= 0.3 is 0 Å². The average Bonchev–Trinajstić information content (AvgIpc) is 2.36. The molecular weight excluding hydrogens is 236 g/mol. The fourth-order valence-corrected chi connectivity index (χ4v) is 2.69. The summed E-state index contributed by atoms with van der Waals surface area (Å²) in [4.78, 5) is 2.62. The second kappa shape index (κ2) is 7.61. The molecule has 0 spiro atoms. The molecule has 1 saturated heterocycles. The van der Waals surface area contributed by atoms with Crippen molar-refractivity contribution in [2.24, 2.45) is 5.92 Å². The molecule has 0 aromatic rings. The summed E-state index contributed by atoms with van der Waals surface area (Å²) in [6, 6.07) is 1.31. The van der Waals surface area contributed by atoms with Gasteiger partial charge in [-0.3, -0.25) is 4.90 Å². The second-order valence-electron chi connectivity index (χ2n) is 6.92. The number of nitrogens with zero attached hydrogens (tertiary/aromatic N) is 1. The molecule has 1 heterocycles. The summed E-state index contributed by atoms with van der Waals surface area (Å²) >= 11 is 0. The van der Waals surface area contributed by atoms with E-state index in [2.05, 4.69) is 51.8 Å². The SMILES string of the molecule is CCC(C)C1CN(CCOC(C)(C)C)C(CC)CN1. The van der Waals surface area contributed by atoms with E-state index in [4.69, 9.17) is 4.74 Å². The molecule has 1 aliphatic heterocycles. The molecule has 1 fully saturated rings. The lowest BCUT2D eigenvalue weighted by atomic mass is 9.95. The monoisotopic (exact) mass is 270 g/mol. The van der Waals surface area contributed by atoms with Crippen LogP contribution in [0.1, 0.15) is 54.4 Å². The summed E-state index contributed by atoms with van der Waals surface area (Å²) in [5.41, 5.74) is -0.0220. The largest absolute Gasteiger partial charge is 0.375 e. The Morgan fingerprint density at radius 1 is 1.32 bits per heavy atom. The highest BCUT2D eigenvalue weighted by atomic mass is 16.5. The Bertz CT molecular complexity index is 250. The van der Waals surface area contributed by atoms with Gasteiger partial charge in [0.15, 0.2) is 0 Å².